The highest BCUT2D eigenvalue weighted by atomic mass is 31.2. The number of nitrogens with two attached hydrogens (primary N) is 1. The first-order valence-electron chi connectivity index (χ1n) is 11.4. The lowest BCUT2D eigenvalue weighted by atomic mass is 10.1. The number of carbonyl (C=O) groups is 2. The highest BCUT2D eigenvalue weighted by Crippen LogP contribution is 2.47. The number of rotatable bonds is 12. The molecule has 0 aromatic carbocycles. The van der Waals surface area contributed by atoms with Gasteiger partial charge in [0.25, 0.3) is 0 Å². The Morgan fingerprint density at radius 1 is 1.24 bits per heavy atom. The maximum Gasteiger partial charge on any atom is 0.510 e. The summed E-state index contributed by atoms with van der Waals surface area (Å²) in [4.78, 5) is 39.5. The zero-order valence-corrected chi connectivity index (χ0v) is 21.9. The second-order valence-electron chi connectivity index (χ2n) is 8.19. The van der Waals surface area contributed by atoms with Crippen LogP contribution >= 0.6 is 7.75 Å². The molecular formula is C20H33N4O12P. The number of hydrogen-bond acceptors (Lipinski definition) is 14. The van der Waals surface area contributed by atoms with Crippen LogP contribution in [0.15, 0.2) is 17.1 Å². The zero-order chi connectivity index (χ0) is 27.9. The molecule has 37 heavy (non-hydrogen) atoms. The van der Waals surface area contributed by atoms with E-state index in [1.54, 1.807) is 20.8 Å². The van der Waals surface area contributed by atoms with Crippen LogP contribution in [0.4, 0.5) is 10.6 Å². The van der Waals surface area contributed by atoms with Gasteiger partial charge in [0.15, 0.2) is 6.23 Å². The molecule has 0 spiro atoms. The Hall–Kier alpha value is -2.59. The second-order valence-corrected chi connectivity index (χ2v) is 9.91. The van der Waals surface area contributed by atoms with Gasteiger partial charge in [-0.2, -0.15) is 4.98 Å². The molecule has 1 aromatic rings. The quantitative estimate of drug-likeness (QED) is 0.153. The maximum atomic E-state index is 13.5. The zero-order valence-electron chi connectivity index (χ0n) is 21.0. The normalized spacial score (nSPS) is 24.8. The van der Waals surface area contributed by atoms with Crippen molar-refractivity contribution in [2.75, 3.05) is 18.9 Å². The summed E-state index contributed by atoms with van der Waals surface area (Å²) in [6, 6.07) is 0.0950. The van der Waals surface area contributed by atoms with Crippen LogP contribution in [0.25, 0.3) is 0 Å². The molecule has 1 fully saturated rings. The molecule has 1 saturated heterocycles. The van der Waals surface area contributed by atoms with E-state index in [4.69, 9.17) is 29.0 Å². The van der Waals surface area contributed by atoms with Gasteiger partial charge in [0.05, 0.1) is 19.3 Å². The SMILES string of the molecule is CCOC(=O)OC(C)OP(=O)(N[C@@H](C)C(=O)OC(C)C)OC[C@H]1OC(n2ccc(N)nc2=O)C(O)[C@H]1O. The first-order chi connectivity index (χ1) is 17.3. The number of hydrogen-bond donors (Lipinski definition) is 4. The summed E-state index contributed by atoms with van der Waals surface area (Å²) in [7, 11) is -4.46. The number of nitrogen functional groups attached to an aromatic ring is 1. The molecule has 2 heterocycles. The topological polar surface area (TPSA) is 220 Å². The van der Waals surface area contributed by atoms with Crippen molar-refractivity contribution >= 4 is 25.7 Å². The predicted molar refractivity (Wildman–Crippen MR) is 125 cm³/mol. The van der Waals surface area contributed by atoms with Gasteiger partial charge < -0.3 is 34.9 Å². The van der Waals surface area contributed by atoms with Crippen LogP contribution in [0.2, 0.25) is 0 Å². The fraction of sp³-hybridized carbons (Fsp3) is 0.700. The molecule has 4 unspecified atom stereocenters. The fourth-order valence-electron chi connectivity index (χ4n) is 3.11. The predicted octanol–water partition coefficient (Wildman–Crippen LogP) is 0.0348. The van der Waals surface area contributed by atoms with Crippen molar-refractivity contribution in [3.8, 4) is 0 Å². The van der Waals surface area contributed by atoms with Crippen LogP contribution in [-0.2, 0) is 37.4 Å². The van der Waals surface area contributed by atoms with E-state index in [0.29, 0.717) is 0 Å². The Balaban J connectivity index is 2.16. The van der Waals surface area contributed by atoms with Crippen molar-refractivity contribution in [1.82, 2.24) is 14.6 Å². The highest BCUT2D eigenvalue weighted by molar-refractivity contribution is 7.51. The molecule has 0 bridgehead atoms. The molecule has 5 N–H and O–H groups in total. The highest BCUT2D eigenvalue weighted by Gasteiger charge is 2.46. The van der Waals surface area contributed by atoms with Crippen LogP contribution in [0.3, 0.4) is 0 Å². The van der Waals surface area contributed by atoms with Gasteiger partial charge in [0.1, 0.15) is 30.2 Å². The van der Waals surface area contributed by atoms with Gasteiger partial charge in [0.2, 0.25) is 6.29 Å². The van der Waals surface area contributed by atoms with Gasteiger partial charge in [-0.15, -0.1) is 0 Å². The summed E-state index contributed by atoms with van der Waals surface area (Å²) in [5.41, 5.74) is 4.63. The maximum absolute atomic E-state index is 13.5. The van der Waals surface area contributed by atoms with Crippen molar-refractivity contribution in [3.05, 3.63) is 22.7 Å². The number of aliphatic hydroxyl groups excluding tert-OH is 2. The van der Waals surface area contributed by atoms with Gasteiger partial charge in [0, 0.05) is 6.20 Å². The number of esters is 1. The molecule has 16 nitrogen and oxygen atoms in total. The summed E-state index contributed by atoms with van der Waals surface area (Å²) in [5.74, 6) is -0.827. The first-order valence-corrected chi connectivity index (χ1v) is 12.9. The van der Waals surface area contributed by atoms with E-state index in [9.17, 15) is 29.2 Å². The Labute approximate surface area is 212 Å². The summed E-state index contributed by atoms with van der Waals surface area (Å²) < 4.78 is 45.1. The van der Waals surface area contributed by atoms with E-state index in [1.807, 2.05) is 0 Å². The van der Waals surface area contributed by atoms with E-state index < -0.39 is 75.1 Å². The average molecular weight is 552 g/mol. The number of ether oxygens (including phenoxy) is 4. The number of carbonyl (C=O) groups excluding carboxylic acids is 2. The molecule has 0 amide bonds. The third-order valence-electron chi connectivity index (χ3n) is 4.74. The summed E-state index contributed by atoms with van der Waals surface area (Å²) in [6.07, 6.45) is -7.63. The van der Waals surface area contributed by atoms with Crippen LogP contribution in [0.1, 0.15) is 40.8 Å². The minimum Gasteiger partial charge on any atom is -0.462 e. The third-order valence-corrected chi connectivity index (χ3v) is 6.51. The number of anilines is 1. The second kappa shape index (κ2) is 13.3. The van der Waals surface area contributed by atoms with Gasteiger partial charge in [-0.25, -0.2) is 19.2 Å². The van der Waals surface area contributed by atoms with Gasteiger partial charge in [-0.1, -0.05) is 0 Å². The molecular weight excluding hydrogens is 519 g/mol. The third kappa shape index (κ3) is 8.74. The van der Waals surface area contributed by atoms with E-state index in [1.165, 1.54) is 26.1 Å². The van der Waals surface area contributed by atoms with Crippen molar-refractivity contribution in [1.29, 1.82) is 0 Å². The van der Waals surface area contributed by atoms with Crippen LogP contribution < -0.4 is 16.5 Å². The lowest BCUT2D eigenvalue weighted by Crippen LogP contribution is -2.38. The Morgan fingerprint density at radius 3 is 2.51 bits per heavy atom. The number of aromatic nitrogens is 2. The van der Waals surface area contributed by atoms with Crippen molar-refractivity contribution in [2.45, 2.75) is 77.6 Å². The van der Waals surface area contributed by atoms with Crippen molar-refractivity contribution in [2.24, 2.45) is 0 Å². The monoisotopic (exact) mass is 552 g/mol. The van der Waals surface area contributed by atoms with E-state index >= 15 is 0 Å². The summed E-state index contributed by atoms with van der Waals surface area (Å²) in [6.45, 7) is 6.73. The van der Waals surface area contributed by atoms with Crippen molar-refractivity contribution in [3.63, 3.8) is 0 Å². The summed E-state index contributed by atoms with van der Waals surface area (Å²) in [5, 5.41) is 23.2. The molecule has 0 saturated carbocycles. The number of nitrogens with zero attached hydrogens (tertiary/aromatic N) is 2. The Morgan fingerprint density at radius 2 is 1.92 bits per heavy atom. The van der Waals surface area contributed by atoms with Crippen molar-refractivity contribution < 1.29 is 52.4 Å². The largest absolute Gasteiger partial charge is 0.510 e. The Bertz CT molecular complexity index is 1040. The lowest BCUT2D eigenvalue weighted by Gasteiger charge is -2.26. The van der Waals surface area contributed by atoms with E-state index in [2.05, 4.69) is 14.8 Å². The molecule has 1 aliphatic heterocycles. The molecule has 1 aromatic heterocycles. The molecule has 17 heteroatoms. The number of aliphatic hydroxyl groups is 2. The minimum absolute atomic E-state index is 0.0169. The average Bonchev–Trinajstić information content (AvgIpc) is 3.05. The Kier molecular flexibility index (Phi) is 11.0. The lowest BCUT2D eigenvalue weighted by molar-refractivity contribution is -0.149. The molecule has 1 aliphatic rings. The van der Waals surface area contributed by atoms with Crippen LogP contribution in [0.5, 0.6) is 0 Å². The van der Waals surface area contributed by atoms with E-state index in [0.717, 1.165) is 4.57 Å². The molecule has 2 rings (SSSR count). The molecule has 0 radical (unpaired) electrons. The first kappa shape index (κ1) is 30.6. The van der Waals surface area contributed by atoms with E-state index in [-0.39, 0.29) is 12.4 Å². The van der Waals surface area contributed by atoms with Gasteiger partial charge in [-0.3, -0.25) is 18.4 Å². The van der Waals surface area contributed by atoms with Crippen LogP contribution in [0, 0.1) is 0 Å². The summed E-state index contributed by atoms with van der Waals surface area (Å²) >= 11 is 0. The standard InChI is InChI=1S/C20H33N4O12P/c1-6-31-20(29)34-12(5)36-37(30,23-11(4)18(27)33-10(2)3)32-9-13-15(25)16(26)17(35-13)24-8-7-14(21)22-19(24)28/h7-8,10-13,15-17,25-26H,6,9H2,1-5H3,(H,23,30)(H2,21,22,28)/t11-,12?,13+,15-,16?,17?,37?/m0/s1. The molecule has 7 atom stereocenters. The smallest absolute Gasteiger partial charge is 0.462 e. The van der Waals surface area contributed by atoms with Gasteiger partial charge >= 0.3 is 25.6 Å². The fourth-order valence-corrected chi connectivity index (χ4v) is 4.67. The molecule has 210 valence electrons. The number of nitrogens with one attached hydrogen (secondary N) is 1. The van der Waals surface area contributed by atoms with Gasteiger partial charge in [-0.05, 0) is 40.7 Å². The minimum atomic E-state index is -4.46. The molecule has 0 aliphatic carbocycles. The van der Waals surface area contributed by atoms with Crippen LogP contribution in [-0.4, -0.2) is 81.9 Å².